The molecule has 0 aliphatic heterocycles. The van der Waals surface area contributed by atoms with Gasteiger partial charge in [-0.1, -0.05) is 37.3 Å². The van der Waals surface area contributed by atoms with Crippen LogP contribution in [0.2, 0.25) is 5.02 Å². The maximum atomic E-state index is 13.3. The normalized spacial score (nSPS) is 29.9. The molecule has 0 amide bonds. The Labute approximate surface area is 133 Å². The third-order valence-corrected chi connectivity index (χ3v) is 5.82. The molecule has 0 saturated heterocycles. The van der Waals surface area contributed by atoms with Crippen LogP contribution in [0.3, 0.4) is 0 Å². The van der Waals surface area contributed by atoms with Crippen molar-refractivity contribution in [2.45, 2.75) is 51.0 Å². The molecule has 1 N–H and O–H groups in total. The van der Waals surface area contributed by atoms with E-state index in [-0.39, 0.29) is 5.82 Å². The fourth-order valence-corrected chi connectivity index (χ4v) is 4.81. The van der Waals surface area contributed by atoms with Crippen LogP contribution in [-0.2, 0) is 0 Å². The fourth-order valence-electron chi connectivity index (χ4n) is 3.89. The fraction of sp³-hybridized carbons (Fsp3) is 0.625. The average molecular weight is 361 g/mol. The zero-order valence-corrected chi connectivity index (χ0v) is 13.8. The number of rotatable bonds is 2. The van der Waals surface area contributed by atoms with Gasteiger partial charge in [-0.05, 0) is 59.2 Å². The Balaban J connectivity index is 1.69. The summed E-state index contributed by atoms with van der Waals surface area (Å²) >= 11 is 9.57. The van der Waals surface area contributed by atoms with Crippen molar-refractivity contribution >= 4 is 33.2 Å². The van der Waals surface area contributed by atoms with Crippen molar-refractivity contribution in [1.29, 1.82) is 0 Å². The second kappa shape index (κ2) is 6.23. The molecule has 3 atom stereocenters. The highest BCUT2D eigenvalue weighted by atomic mass is 79.9. The molecule has 1 aromatic rings. The van der Waals surface area contributed by atoms with Gasteiger partial charge >= 0.3 is 0 Å². The van der Waals surface area contributed by atoms with E-state index in [1.165, 1.54) is 57.1 Å². The summed E-state index contributed by atoms with van der Waals surface area (Å²) in [5.74, 6) is 1.50. The van der Waals surface area contributed by atoms with Crippen LogP contribution < -0.4 is 5.32 Å². The van der Waals surface area contributed by atoms with E-state index in [4.69, 9.17) is 11.6 Å². The van der Waals surface area contributed by atoms with Crippen LogP contribution in [0.4, 0.5) is 10.1 Å². The van der Waals surface area contributed by atoms with E-state index in [1.54, 1.807) is 0 Å². The van der Waals surface area contributed by atoms with Gasteiger partial charge in [-0.25, -0.2) is 4.39 Å². The van der Waals surface area contributed by atoms with Gasteiger partial charge < -0.3 is 5.32 Å². The van der Waals surface area contributed by atoms with Crippen molar-refractivity contribution in [3.8, 4) is 0 Å². The van der Waals surface area contributed by atoms with Gasteiger partial charge in [-0.2, -0.15) is 0 Å². The minimum absolute atomic E-state index is 0.302. The Morgan fingerprint density at radius 1 is 1.10 bits per heavy atom. The summed E-state index contributed by atoms with van der Waals surface area (Å²) in [6.07, 6.45) is 9.33. The first kappa shape index (κ1) is 14.6. The molecule has 2 aliphatic rings. The molecule has 3 unspecified atom stereocenters. The lowest BCUT2D eigenvalue weighted by Crippen LogP contribution is -2.34. The molecule has 0 aromatic heterocycles. The van der Waals surface area contributed by atoms with Crippen LogP contribution in [-0.4, -0.2) is 6.04 Å². The van der Waals surface area contributed by atoms with Crippen molar-refractivity contribution in [1.82, 2.24) is 0 Å². The summed E-state index contributed by atoms with van der Waals surface area (Å²) in [5.41, 5.74) is 0.840. The number of nitrogens with one attached hydrogen (secondary N) is 1. The molecule has 4 heteroatoms. The minimum Gasteiger partial charge on any atom is -0.380 e. The lowest BCUT2D eigenvalue weighted by molar-refractivity contribution is 0.162. The Kier molecular flexibility index (Phi) is 4.56. The van der Waals surface area contributed by atoms with E-state index in [0.717, 1.165) is 17.5 Å². The van der Waals surface area contributed by atoms with E-state index in [9.17, 15) is 4.39 Å². The average Bonchev–Trinajstić information content (AvgIpc) is 2.42. The summed E-state index contributed by atoms with van der Waals surface area (Å²) in [5, 5.41) is 3.99. The van der Waals surface area contributed by atoms with Crippen molar-refractivity contribution in [2.24, 2.45) is 11.8 Å². The zero-order chi connectivity index (χ0) is 14.1. The number of benzene rings is 1. The molecule has 110 valence electrons. The van der Waals surface area contributed by atoms with E-state index >= 15 is 0 Å². The number of halogens is 3. The molecular weight excluding hydrogens is 341 g/mol. The molecular formula is C16H20BrClFN. The maximum Gasteiger partial charge on any atom is 0.125 e. The van der Waals surface area contributed by atoms with Gasteiger partial charge in [-0.15, -0.1) is 0 Å². The van der Waals surface area contributed by atoms with Crippen LogP contribution in [0.5, 0.6) is 0 Å². The SMILES string of the molecule is Fc1cc(Cl)c(NC2CCC3CCCCC3C2)c(Br)c1. The Morgan fingerprint density at radius 3 is 2.60 bits per heavy atom. The van der Waals surface area contributed by atoms with Gasteiger partial charge in [0, 0.05) is 10.5 Å². The van der Waals surface area contributed by atoms with Crippen LogP contribution in [0.25, 0.3) is 0 Å². The van der Waals surface area contributed by atoms with E-state index in [2.05, 4.69) is 21.2 Å². The summed E-state index contributed by atoms with van der Waals surface area (Å²) < 4.78 is 14.0. The van der Waals surface area contributed by atoms with Crippen LogP contribution >= 0.6 is 27.5 Å². The molecule has 2 aliphatic carbocycles. The van der Waals surface area contributed by atoms with Crippen LogP contribution in [0.1, 0.15) is 44.9 Å². The molecule has 0 radical (unpaired) electrons. The Bertz CT molecular complexity index is 470. The standard InChI is InChI=1S/C16H20BrClFN/c17-14-8-12(19)9-15(18)16(14)20-13-6-5-10-3-1-2-4-11(10)7-13/h8-11,13,20H,1-7H2. The highest BCUT2D eigenvalue weighted by Crippen LogP contribution is 2.42. The van der Waals surface area contributed by atoms with Gasteiger partial charge in [0.05, 0.1) is 10.7 Å². The first-order valence-electron chi connectivity index (χ1n) is 7.54. The lowest BCUT2D eigenvalue weighted by atomic mass is 9.69. The summed E-state index contributed by atoms with van der Waals surface area (Å²) in [6, 6.07) is 3.31. The highest BCUT2D eigenvalue weighted by molar-refractivity contribution is 9.10. The van der Waals surface area contributed by atoms with Gasteiger partial charge in [0.15, 0.2) is 0 Å². The third kappa shape index (κ3) is 3.14. The molecule has 3 rings (SSSR count). The Morgan fingerprint density at radius 2 is 1.85 bits per heavy atom. The molecule has 0 spiro atoms. The third-order valence-electron chi connectivity index (χ3n) is 4.90. The minimum atomic E-state index is -0.302. The molecule has 2 fully saturated rings. The number of fused-ring (bicyclic) bond motifs is 1. The highest BCUT2D eigenvalue weighted by Gasteiger charge is 2.32. The molecule has 2 saturated carbocycles. The van der Waals surface area contributed by atoms with Gasteiger partial charge in [0.1, 0.15) is 5.82 Å². The van der Waals surface area contributed by atoms with E-state index < -0.39 is 0 Å². The smallest absolute Gasteiger partial charge is 0.125 e. The van der Waals surface area contributed by atoms with Crippen LogP contribution in [0, 0.1) is 17.7 Å². The molecule has 1 aromatic carbocycles. The van der Waals surface area contributed by atoms with Crippen molar-refractivity contribution in [3.63, 3.8) is 0 Å². The number of hydrogen-bond donors (Lipinski definition) is 1. The second-order valence-corrected chi connectivity index (χ2v) is 7.46. The summed E-state index contributed by atoms with van der Waals surface area (Å²) in [4.78, 5) is 0. The molecule has 0 heterocycles. The largest absolute Gasteiger partial charge is 0.380 e. The monoisotopic (exact) mass is 359 g/mol. The maximum absolute atomic E-state index is 13.3. The van der Waals surface area contributed by atoms with E-state index in [1.807, 2.05) is 0 Å². The summed E-state index contributed by atoms with van der Waals surface area (Å²) in [6.45, 7) is 0. The molecule has 0 bridgehead atoms. The van der Waals surface area contributed by atoms with Gasteiger partial charge in [0.25, 0.3) is 0 Å². The molecule has 1 nitrogen and oxygen atoms in total. The van der Waals surface area contributed by atoms with Crippen molar-refractivity contribution in [3.05, 3.63) is 27.4 Å². The van der Waals surface area contributed by atoms with Crippen molar-refractivity contribution < 1.29 is 4.39 Å². The number of anilines is 1. The number of hydrogen-bond acceptors (Lipinski definition) is 1. The van der Waals surface area contributed by atoms with Crippen LogP contribution in [0.15, 0.2) is 16.6 Å². The molecule has 20 heavy (non-hydrogen) atoms. The summed E-state index contributed by atoms with van der Waals surface area (Å²) in [7, 11) is 0. The van der Waals surface area contributed by atoms with Gasteiger partial charge in [-0.3, -0.25) is 0 Å². The Hall–Kier alpha value is -0.280. The second-order valence-electron chi connectivity index (χ2n) is 6.20. The topological polar surface area (TPSA) is 12.0 Å². The van der Waals surface area contributed by atoms with E-state index in [0.29, 0.717) is 15.5 Å². The van der Waals surface area contributed by atoms with Crippen molar-refractivity contribution in [2.75, 3.05) is 5.32 Å². The quantitative estimate of drug-likeness (QED) is 0.680. The lowest BCUT2D eigenvalue weighted by Gasteiger charge is -2.40. The predicted molar refractivity (Wildman–Crippen MR) is 85.8 cm³/mol. The first-order valence-corrected chi connectivity index (χ1v) is 8.71. The zero-order valence-electron chi connectivity index (χ0n) is 11.5. The first-order chi connectivity index (χ1) is 9.63. The van der Waals surface area contributed by atoms with Gasteiger partial charge in [0.2, 0.25) is 0 Å². The predicted octanol–water partition coefficient (Wildman–Crippen LogP) is 6.01.